The van der Waals surface area contributed by atoms with Gasteiger partial charge in [0.1, 0.15) is 5.01 Å². The average molecular weight is 364 g/mol. The minimum Gasteiger partial charge on any atom is -0.286 e. The summed E-state index contributed by atoms with van der Waals surface area (Å²) >= 11 is 1.46. The van der Waals surface area contributed by atoms with Crippen LogP contribution in [0.25, 0.3) is 0 Å². The zero-order valence-electron chi connectivity index (χ0n) is 12.1. The predicted octanol–water partition coefficient (Wildman–Crippen LogP) is 2.51. The van der Waals surface area contributed by atoms with E-state index in [0.29, 0.717) is 17.6 Å². The van der Waals surface area contributed by atoms with Crippen molar-refractivity contribution < 1.29 is 13.2 Å². The standard InChI is InChI=1S/C13H18ClN3O3S2/c14-22(19,20)8-9-6-11(18)17(7-9)13-16-15-12(21-13)10-4-2-1-3-5-10/h9-10H,1-8H2. The Morgan fingerprint density at radius 3 is 2.64 bits per heavy atom. The highest BCUT2D eigenvalue weighted by atomic mass is 35.7. The van der Waals surface area contributed by atoms with E-state index >= 15 is 0 Å². The van der Waals surface area contributed by atoms with E-state index < -0.39 is 9.05 Å². The van der Waals surface area contributed by atoms with Crippen LogP contribution in [0.3, 0.4) is 0 Å². The van der Waals surface area contributed by atoms with Crippen molar-refractivity contribution in [1.82, 2.24) is 10.2 Å². The molecule has 1 aromatic heterocycles. The normalized spacial score (nSPS) is 24.1. The van der Waals surface area contributed by atoms with Crippen LogP contribution in [0.15, 0.2) is 0 Å². The minimum absolute atomic E-state index is 0.100. The molecule has 1 aliphatic carbocycles. The van der Waals surface area contributed by atoms with E-state index in [2.05, 4.69) is 10.2 Å². The summed E-state index contributed by atoms with van der Waals surface area (Å²) in [5.41, 5.74) is 0. The Bertz CT molecular complexity index is 655. The molecule has 0 spiro atoms. The summed E-state index contributed by atoms with van der Waals surface area (Å²) in [4.78, 5) is 13.6. The molecule has 1 aromatic rings. The van der Waals surface area contributed by atoms with Crippen LogP contribution in [-0.4, -0.2) is 36.8 Å². The Morgan fingerprint density at radius 2 is 1.95 bits per heavy atom. The number of aromatic nitrogens is 2. The van der Waals surface area contributed by atoms with Crippen molar-refractivity contribution in [2.24, 2.45) is 5.92 Å². The third-order valence-corrected chi connectivity index (χ3v) is 6.61. The molecule has 6 nitrogen and oxygen atoms in total. The molecule has 0 aromatic carbocycles. The van der Waals surface area contributed by atoms with E-state index in [0.717, 1.165) is 17.8 Å². The molecule has 1 amide bonds. The van der Waals surface area contributed by atoms with Gasteiger partial charge in [-0.2, -0.15) is 0 Å². The highest BCUT2D eigenvalue weighted by Crippen LogP contribution is 2.37. The number of rotatable bonds is 4. The third-order valence-electron chi connectivity index (χ3n) is 4.26. The molecule has 9 heteroatoms. The Kier molecular flexibility index (Phi) is 4.70. The lowest BCUT2D eigenvalue weighted by atomic mass is 9.90. The van der Waals surface area contributed by atoms with Crippen molar-refractivity contribution in [2.75, 3.05) is 17.2 Å². The maximum atomic E-state index is 12.1. The zero-order valence-corrected chi connectivity index (χ0v) is 14.5. The number of carbonyl (C=O) groups is 1. The van der Waals surface area contributed by atoms with Gasteiger partial charge < -0.3 is 0 Å². The smallest absolute Gasteiger partial charge is 0.232 e. The van der Waals surface area contributed by atoms with E-state index in [9.17, 15) is 13.2 Å². The summed E-state index contributed by atoms with van der Waals surface area (Å²) in [6.07, 6.45) is 6.19. The maximum Gasteiger partial charge on any atom is 0.232 e. The molecule has 2 aliphatic rings. The topological polar surface area (TPSA) is 80.2 Å². The largest absolute Gasteiger partial charge is 0.286 e. The summed E-state index contributed by atoms with van der Waals surface area (Å²) in [5, 5.41) is 9.97. The minimum atomic E-state index is -3.59. The number of hydrogen-bond acceptors (Lipinski definition) is 6. The van der Waals surface area contributed by atoms with Gasteiger partial charge in [-0.25, -0.2) is 8.42 Å². The molecule has 0 N–H and O–H groups in total. The summed E-state index contributed by atoms with van der Waals surface area (Å²) in [7, 11) is 1.69. The molecule has 2 heterocycles. The lowest BCUT2D eigenvalue weighted by Crippen LogP contribution is -2.25. The first-order valence-corrected chi connectivity index (χ1v) is 10.8. The van der Waals surface area contributed by atoms with Gasteiger partial charge in [0.25, 0.3) is 0 Å². The fourth-order valence-corrected chi connectivity index (χ4v) is 5.57. The van der Waals surface area contributed by atoms with E-state index in [1.807, 2.05) is 0 Å². The van der Waals surface area contributed by atoms with Crippen LogP contribution >= 0.6 is 22.0 Å². The van der Waals surface area contributed by atoms with Gasteiger partial charge in [-0.1, -0.05) is 30.6 Å². The molecule has 1 saturated carbocycles. The number of anilines is 1. The number of amides is 1. The molecule has 0 radical (unpaired) electrons. The van der Waals surface area contributed by atoms with Crippen molar-refractivity contribution in [2.45, 2.75) is 44.4 Å². The van der Waals surface area contributed by atoms with Gasteiger partial charge in [0, 0.05) is 35.5 Å². The van der Waals surface area contributed by atoms with Gasteiger partial charge in [0.05, 0.1) is 5.75 Å². The van der Waals surface area contributed by atoms with Gasteiger partial charge in [0.2, 0.25) is 20.1 Å². The first kappa shape index (κ1) is 16.1. The molecule has 1 unspecified atom stereocenters. The lowest BCUT2D eigenvalue weighted by Gasteiger charge is -2.18. The first-order chi connectivity index (χ1) is 10.4. The Balaban J connectivity index is 1.69. The summed E-state index contributed by atoms with van der Waals surface area (Å²) in [6, 6.07) is 0. The molecule has 1 aliphatic heterocycles. The van der Waals surface area contributed by atoms with Gasteiger partial charge >= 0.3 is 0 Å². The van der Waals surface area contributed by atoms with Crippen LogP contribution in [0.5, 0.6) is 0 Å². The molecule has 0 bridgehead atoms. The van der Waals surface area contributed by atoms with E-state index in [-0.39, 0.29) is 24.0 Å². The van der Waals surface area contributed by atoms with Crippen LogP contribution in [0.1, 0.15) is 49.5 Å². The monoisotopic (exact) mass is 363 g/mol. The molecular weight excluding hydrogens is 346 g/mol. The fourth-order valence-electron chi connectivity index (χ4n) is 3.21. The van der Waals surface area contributed by atoms with E-state index in [1.54, 1.807) is 4.90 Å². The van der Waals surface area contributed by atoms with Gasteiger partial charge in [-0.3, -0.25) is 9.69 Å². The van der Waals surface area contributed by atoms with Crippen molar-refractivity contribution in [3.8, 4) is 0 Å². The van der Waals surface area contributed by atoms with E-state index in [4.69, 9.17) is 10.7 Å². The number of carbonyl (C=O) groups excluding carboxylic acids is 1. The van der Waals surface area contributed by atoms with Crippen molar-refractivity contribution >= 4 is 42.1 Å². The van der Waals surface area contributed by atoms with Crippen LogP contribution in [0.4, 0.5) is 5.13 Å². The quantitative estimate of drug-likeness (QED) is 0.768. The van der Waals surface area contributed by atoms with Gasteiger partial charge in [0.15, 0.2) is 0 Å². The Morgan fingerprint density at radius 1 is 1.23 bits per heavy atom. The van der Waals surface area contributed by atoms with Crippen molar-refractivity contribution in [3.05, 3.63) is 5.01 Å². The molecule has 2 fully saturated rings. The van der Waals surface area contributed by atoms with Crippen LogP contribution in [0, 0.1) is 5.92 Å². The van der Waals surface area contributed by atoms with Crippen molar-refractivity contribution in [3.63, 3.8) is 0 Å². The van der Waals surface area contributed by atoms with Crippen LogP contribution in [-0.2, 0) is 13.8 Å². The summed E-state index contributed by atoms with van der Waals surface area (Å²) in [5.74, 6) is -0.0872. The molecule has 1 atom stereocenters. The highest BCUT2D eigenvalue weighted by Gasteiger charge is 2.35. The second kappa shape index (κ2) is 6.41. The Hall–Kier alpha value is -0.730. The zero-order chi connectivity index (χ0) is 15.7. The number of nitrogens with zero attached hydrogens (tertiary/aromatic N) is 3. The second-order valence-corrected chi connectivity index (χ2v) is 9.85. The fraction of sp³-hybridized carbons (Fsp3) is 0.769. The third kappa shape index (κ3) is 3.78. The first-order valence-electron chi connectivity index (χ1n) is 7.48. The summed E-state index contributed by atoms with van der Waals surface area (Å²) in [6.45, 7) is 0.351. The summed E-state index contributed by atoms with van der Waals surface area (Å²) < 4.78 is 22.3. The maximum absolute atomic E-state index is 12.1. The molecule has 122 valence electrons. The van der Waals surface area contributed by atoms with Crippen LogP contribution < -0.4 is 4.90 Å². The molecular formula is C13H18ClN3O3S2. The molecule has 3 rings (SSSR count). The number of hydrogen-bond donors (Lipinski definition) is 0. The van der Waals surface area contributed by atoms with Crippen LogP contribution in [0.2, 0.25) is 0 Å². The Labute approximate surface area is 138 Å². The predicted molar refractivity (Wildman–Crippen MR) is 85.8 cm³/mol. The SMILES string of the molecule is O=C1CC(CS(=O)(=O)Cl)CN1c1nnc(C2CCCCC2)s1. The van der Waals surface area contributed by atoms with Crippen molar-refractivity contribution in [1.29, 1.82) is 0 Å². The lowest BCUT2D eigenvalue weighted by molar-refractivity contribution is -0.117. The molecule has 1 saturated heterocycles. The second-order valence-electron chi connectivity index (χ2n) is 6.04. The van der Waals surface area contributed by atoms with E-state index in [1.165, 1.54) is 30.6 Å². The van der Waals surface area contributed by atoms with Gasteiger partial charge in [-0.15, -0.1) is 10.2 Å². The highest BCUT2D eigenvalue weighted by molar-refractivity contribution is 8.13. The number of halogens is 1. The van der Waals surface area contributed by atoms with Gasteiger partial charge in [-0.05, 0) is 12.8 Å². The molecule has 22 heavy (non-hydrogen) atoms. The average Bonchev–Trinajstić information content (AvgIpc) is 3.05.